The van der Waals surface area contributed by atoms with Crippen molar-refractivity contribution in [3.8, 4) is 11.4 Å². The summed E-state index contributed by atoms with van der Waals surface area (Å²) in [6.07, 6.45) is -2.28. The fourth-order valence-corrected chi connectivity index (χ4v) is 1.69. The van der Waals surface area contributed by atoms with Gasteiger partial charge in [0.2, 0.25) is 0 Å². The third-order valence-corrected chi connectivity index (χ3v) is 2.49. The number of pyridine rings is 1. The van der Waals surface area contributed by atoms with E-state index in [1.807, 2.05) is 0 Å². The number of nitrogens with zero attached hydrogens (tertiary/aromatic N) is 4. The standard InChI is InChI=1S/C12H13F3N4/c1-8(2)19-10(7-12(13,14)15)17-11(18-19)9-3-5-16-6-4-9/h3-6,8H,7H2,1-2H3. The van der Waals surface area contributed by atoms with Crippen molar-refractivity contribution in [1.82, 2.24) is 19.7 Å². The van der Waals surface area contributed by atoms with Gasteiger partial charge < -0.3 is 0 Å². The topological polar surface area (TPSA) is 43.6 Å². The first-order valence-corrected chi connectivity index (χ1v) is 5.79. The lowest BCUT2D eigenvalue weighted by molar-refractivity contribution is -0.129. The van der Waals surface area contributed by atoms with Gasteiger partial charge in [-0.15, -0.1) is 0 Å². The van der Waals surface area contributed by atoms with E-state index in [1.165, 1.54) is 4.68 Å². The van der Waals surface area contributed by atoms with E-state index in [9.17, 15) is 13.2 Å². The molecule has 0 fully saturated rings. The molecular formula is C12H13F3N4. The Balaban J connectivity index is 2.41. The third-order valence-electron chi connectivity index (χ3n) is 2.49. The molecule has 0 unspecified atom stereocenters. The summed E-state index contributed by atoms with van der Waals surface area (Å²) >= 11 is 0. The maximum Gasteiger partial charge on any atom is 0.396 e. The van der Waals surface area contributed by atoms with Crippen molar-refractivity contribution < 1.29 is 13.2 Å². The summed E-state index contributed by atoms with van der Waals surface area (Å²) in [4.78, 5) is 7.84. The van der Waals surface area contributed by atoms with Crippen molar-refractivity contribution in [2.24, 2.45) is 0 Å². The summed E-state index contributed by atoms with van der Waals surface area (Å²) in [6, 6.07) is 3.15. The molecule has 0 aromatic carbocycles. The number of rotatable bonds is 3. The molecule has 0 saturated heterocycles. The smallest absolute Gasteiger partial charge is 0.265 e. The van der Waals surface area contributed by atoms with E-state index < -0.39 is 12.6 Å². The van der Waals surface area contributed by atoms with Crippen molar-refractivity contribution in [3.05, 3.63) is 30.4 Å². The van der Waals surface area contributed by atoms with Gasteiger partial charge in [0, 0.05) is 24.0 Å². The van der Waals surface area contributed by atoms with Gasteiger partial charge in [-0.25, -0.2) is 9.67 Å². The Morgan fingerprint density at radius 3 is 2.37 bits per heavy atom. The van der Waals surface area contributed by atoms with Crippen LogP contribution < -0.4 is 0 Å². The molecule has 2 heterocycles. The maximum absolute atomic E-state index is 12.5. The Hall–Kier alpha value is -1.92. The Labute approximate surface area is 108 Å². The second-order valence-electron chi connectivity index (χ2n) is 4.42. The van der Waals surface area contributed by atoms with E-state index in [4.69, 9.17) is 0 Å². The molecule has 2 aromatic rings. The van der Waals surface area contributed by atoms with Crippen LogP contribution in [-0.2, 0) is 6.42 Å². The van der Waals surface area contributed by atoms with Crippen LogP contribution in [0.5, 0.6) is 0 Å². The van der Waals surface area contributed by atoms with E-state index in [0.29, 0.717) is 5.56 Å². The number of halogens is 3. The zero-order valence-corrected chi connectivity index (χ0v) is 10.5. The molecule has 7 heteroatoms. The van der Waals surface area contributed by atoms with Crippen LogP contribution in [0.25, 0.3) is 11.4 Å². The average Bonchev–Trinajstić information content (AvgIpc) is 2.72. The average molecular weight is 270 g/mol. The number of aromatic nitrogens is 4. The maximum atomic E-state index is 12.5. The summed E-state index contributed by atoms with van der Waals surface area (Å²) < 4.78 is 38.8. The molecule has 0 spiro atoms. The lowest BCUT2D eigenvalue weighted by Gasteiger charge is -2.10. The van der Waals surface area contributed by atoms with Crippen LogP contribution in [0.4, 0.5) is 13.2 Å². The minimum atomic E-state index is -4.30. The van der Waals surface area contributed by atoms with Crippen molar-refractivity contribution >= 4 is 0 Å². The minimum absolute atomic E-state index is 0.0747. The van der Waals surface area contributed by atoms with Gasteiger partial charge in [-0.1, -0.05) is 0 Å². The highest BCUT2D eigenvalue weighted by molar-refractivity contribution is 5.53. The van der Waals surface area contributed by atoms with E-state index >= 15 is 0 Å². The van der Waals surface area contributed by atoms with Crippen molar-refractivity contribution in [2.45, 2.75) is 32.5 Å². The van der Waals surface area contributed by atoms with Crippen LogP contribution in [0.1, 0.15) is 25.7 Å². The lowest BCUT2D eigenvalue weighted by Crippen LogP contribution is -2.17. The minimum Gasteiger partial charge on any atom is -0.265 e. The molecule has 0 aliphatic carbocycles. The fourth-order valence-electron chi connectivity index (χ4n) is 1.69. The summed E-state index contributed by atoms with van der Waals surface area (Å²) in [5.41, 5.74) is 0.651. The van der Waals surface area contributed by atoms with Crippen LogP contribution in [0.2, 0.25) is 0 Å². The van der Waals surface area contributed by atoms with Gasteiger partial charge in [-0.3, -0.25) is 4.98 Å². The molecular weight excluding hydrogens is 257 g/mol. The van der Waals surface area contributed by atoms with Crippen molar-refractivity contribution in [2.75, 3.05) is 0 Å². The lowest BCUT2D eigenvalue weighted by atomic mass is 10.2. The Bertz CT molecular complexity index is 546. The Morgan fingerprint density at radius 2 is 1.84 bits per heavy atom. The molecule has 0 saturated carbocycles. The van der Waals surface area contributed by atoms with Crippen LogP contribution >= 0.6 is 0 Å². The third kappa shape index (κ3) is 3.30. The highest BCUT2D eigenvalue weighted by atomic mass is 19.4. The summed E-state index contributed by atoms with van der Waals surface area (Å²) in [5, 5.41) is 4.14. The first kappa shape index (κ1) is 13.5. The number of alkyl halides is 3. The van der Waals surface area contributed by atoms with Gasteiger partial charge in [0.15, 0.2) is 5.82 Å². The molecule has 0 aliphatic rings. The zero-order chi connectivity index (χ0) is 14.0. The highest BCUT2D eigenvalue weighted by Crippen LogP contribution is 2.24. The quantitative estimate of drug-likeness (QED) is 0.861. The van der Waals surface area contributed by atoms with Gasteiger partial charge in [0.05, 0.1) is 0 Å². The second kappa shape index (κ2) is 4.99. The molecule has 0 amide bonds. The van der Waals surface area contributed by atoms with Crippen molar-refractivity contribution in [1.29, 1.82) is 0 Å². The van der Waals surface area contributed by atoms with E-state index in [1.54, 1.807) is 38.4 Å². The number of hydrogen-bond acceptors (Lipinski definition) is 3. The molecule has 2 aromatic heterocycles. The SMILES string of the molecule is CC(C)n1nc(-c2ccncc2)nc1CC(F)(F)F. The molecule has 102 valence electrons. The first-order valence-electron chi connectivity index (χ1n) is 5.79. The van der Waals surface area contributed by atoms with E-state index in [0.717, 1.165) is 0 Å². The Morgan fingerprint density at radius 1 is 1.21 bits per heavy atom. The summed E-state index contributed by atoms with van der Waals surface area (Å²) in [7, 11) is 0. The largest absolute Gasteiger partial charge is 0.396 e. The monoisotopic (exact) mass is 270 g/mol. The summed E-state index contributed by atoms with van der Waals surface area (Å²) in [5.74, 6) is 0.213. The van der Waals surface area contributed by atoms with Crippen LogP contribution in [-0.4, -0.2) is 25.9 Å². The van der Waals surface area contributed by atoms with Crippen LogP contribution in [0.3, 0.4) is 0 Å². The molecule has 0 bridgehead atoms. The molecule has 0 aliphatic heterocycles. The van der Waals surface area contributed by atoms with Gasteiger partial charge in [-0.2, -0.15) is 18.3 Å². The van der Waals surface area contributed by atoms with Crippen LogP contribution in [0.15, 0.2) is 24.5 Å². The van der Waals surface area contributed by atoms with Gasteiger partial charge in [0.1, 0.15) is 12.2 Å². The predicted molar refractivity (Wildman–Crippen MR) is 63.4 cm³/mol. The van der Waals surface area contributed by atoms with Gasteiger partial charge >= 0.3 is 6.18 Å². The first-order chi connectivity index (χ1) is 8.87. The molecule has 4 nitrogen and oxygen atoms in total. The molecule has 0 N–H and O–H groups in total. The normalized spacial score (nSPS) is 12.1. The molecule has 0 atom stereocenters. The molecule has 0 radical (unpaired) electrons. The molecule has 19 heavy (non-hydrogen) atoms. The predicted octanol–water partition coefficient (Wildman–Crippen LogP) is 3.03. The Kier molecular flexibility index (Phi) is 3.55. The zero-order valence-electron chi connectivity index (χ0n) is 10.5. The van der Waals surface area contributed by atoms with Crippen molar-refractivity contribution in [3.63, 3.8) is 0 Å². The van der Waals surface area contributed by atoms with Gasteiger partial charge in [0.25, 0.3) is 0 Å². The fraction of sp³-hybridized carbons (Fsp3) is 0.417. The van der Waals surface area contributed by atoms with E-state index in [2.05, 4.69) is 15.1 Å². The van der Waals surface area contributed by atoms with Gasteiger partial charge in [-0.05, 0) is 26.0 Å². The second-order valence-corrected chi connectivity index (χ2v) is 4.42. The number of hydrogen-bond donors (Lipinski definition) is 0. The van der Waals surface area contributed by atoms with Crippen LogP contribution in [0, 0.1) is 0 Å². The van der Waals surface area contributed by atoms with E-state index in [-0.39, 0.29) is 17.7 Å². The highest BCUT2D eigenvalue weighted by Gasteiger charge is 2.31. The summed E-state index contributed by atoms with van der Waals surface area (Å²) in [6.45, 7) is 3.54. The molecule has 2 rings (SSSR count).